The first-order chi connectivity index (χ1) is 14.0. The van der Waals surface area contributed by atoms with Crippen LogP contribution in [0, 0.1) is 6.92 Å². The van der Waals surface area contributed by atoms with Gasteiger partial charge in [0.2, 0.25) is 0 Å². The highest BCUT2D eigenvalue weighted by atomic mass is 79.9. The molecule has 29 heavy (non-hydrogen) atoms. The number of aromatic amines is 1. The molecule has 0 amide bonds. The van der Waals surface area contributed by atoms with Gasteiger partial charge in [-0.1, -0.05) is 28.1 Å². The van der Waals surface area contributed by atoms with Crippen LogP contribution in [-0.2, 0) is 13.6 Å². The number of hydrogen-bond donors (Lipinski definition) is 1. The lowest BCUT2D eigenvalue weighted by molar-refractivity contribution is 0.777. The van der Waals surface area contributed by atoms with Crippen molar-refractivity contribution in [2.45, 2.75) is 13.5 Å². The summed E-state index contributed by atoms with van der Waals surface area (Å²) >= 11 is 3.47. The van der Waals surface area contributed by atoms with Gasteiger partial charge >= 0.3 is 0 Å². The van der Waals surface area contributed by atoms with Crippen LogP contribution in [0.5, 0.6) is 0 Å². The number of aromatic nitrogens is 6. The summed E-state index contributed by atoms with van der Waals surface area (Å²) in [6.07, 6.45) is 5.28. The van der Waals surface area contributed by atoms with Crippen molar-refractivity contribution in [1.82, 2.24) is 29.1 Å². The lowest BCUT2D eigenvalue weighted by Crippen LogP contribution is -2.16. The quantitative estimate of drug-likeness (QED) is 0.455. The average molecular weight is 449 g/mol. The molecule has 1 N–H and O–H groups in total. The third-order valence-electron chi connectivity index (χ3n) is 5.07. The topological polar surface area (TPSA) is 81.4 Å². The Labute approximate surface area is 174 Å². The largest absolute Gasteiger partial charge is 0.357 e. The Balaban J connectivity index is 1.68. The zero-order valence-corrected chi connectivity index (χ0v) is 17.4. The van der Waals surface area contributed by atoms with Gasteiger partial charge in [-0.25, -0.2) is 15.0 Å². The van der Waals surface area contributed by atoms with E-state index in [1.165, 1.54) is 0 Å². The predicted molar refractivity (Wildman–Crippen MR) is 116 cm³/mol. The number of hydrogen-bond acceptors (Lipinski definition) is 4. The molecule has 5 aromatic rings. The van der Waals surface area contributed by atoms with Crippen LogP contribution in [0.3, 0.4) is 0 Å². The van der Waals surface area contributed by atoms with E-state index in [9.17, 15) is 4.79 Å². The van der Waals surface area contributed by atoms with E-state index in [1.807, 2.05) is 25.1 Å². The fraction of sp³-hybridized carbons (Fsp3) is 0.143. The third kappa shape index (κ3) is 2.96. The fourth-order valence-corrected chi connectivity index (χ4v) is 3.83. The van der Waals surface area contributed by atoms with Crippen molar-refractivity contribution in [3.63, 3.8) is 0 Å². The Kier molecular flexibility index (Phi) is 4.09. The highest BCUT2D eigenvalue weighted by molar-refractivity contribution is 9.10. The number of rotatable bonds is 3. The number of nitrogens with zero attached hydrogens (tertiary/aromatic N) is 5. The van der Waals surface area contributed by atoms with Crippen molar-refractivity contribution in [2.75, 3.05) is 0 Å². The number of benzene rings is 1. The van der Waals surface area contributed by atoms with E-state index in [1.54, 1.807) is 30.2 Å². The molecule has 0 aliphatic rings. The average Bonchev–Trinajstić information content (AvgIpc) is 3.31. The second-order valence-electron chi connectivity index (χ2n) is 7.00. The van der Waals surface area contributed by atoms with Gasteiger partial charge in [0.05, 0.1) is 18.4 Å². The molecule has 4 aromatic heterocycles. The summed E-state index contributed by atoms with van der Waals surface area (Å²) in [4.78, 5) is 29.4. The van der Waals surface area contributed by atoms with Crippen molar-refractivity contribution in [1.29, 1.82) is 0 Å². The molecule has 4 heterocycles. The molecule has 1 aromatic carbocycles. The van der Waals surface area contributed by atoms with Gasteiger partial charge in [0, 0.05) is 34.9 Å². The van der Waals surface area contributed by atoms with E-state index in [-0.39, 0.29) is 5.56 Å². The van der Waals surface area contributed by atoms with Crippen molar-refractivity contribution >= 4 is 38.1 Å². The van der Waals surface area contributed by atoms with Crippen LogP contribution in [0.1, 0.15) is 11.4 Å². The Hall–Kier alpha value is -3.26. The Bertz CT molecular complexity index is 1430. The molecule has 0 aliphatic heterocycles. The molecular formula is C21H17BrN6O. The van der Waals surface area contributed by atoms with E-state index in [0.717, 1.165) is 32.5 Å². The zero-order valence-electron chi connectivity index (χ0n) is 15.8. The van der Waals surface area contributed by atoms with Crippen LogP contribution >= 0.6 is 15.9 Å². The highest BCUT2D eigenvalue weighted by Gasteiger charge is 2.15. The molecule has 0 bridgehead atoms. The second kappa shape index (κ2) is 6.66. The van der Waals surface area contributed by atoms with E-state index >= 15 is 0 Å². The minimum absolute atomic E-state index is 0.0705. The van der Waals surface area contributed by atoms with Gasteiger partial charge in [-0.15, -0.1) is 0 Å². The maximum absolute atomic E-state index is 12.3. The van der Waals surface area contributed by atoms with Gasteiger partial charge in [-0.3, -0.25) is 4.79 Å². The molecule has 144 valence electrons. The van der Waals surface area contributed by atoms with Gasteiger partial charge in [-0.2, -0.15) is 0 Å². The summed E-state index contributed by atoms with van der Waals surface area (Å²) in [5.74, 6) is 0.854. The van der Waals surface area contributed by atoms with Crippen LogP contribution in [0.15, 0.2) is 58.2 Å². The summed E-state index contributed by atoms with van der Waals surface area (Å²) in [5.41, 5.74) is 4.53. The minimum atomic E-state index is -0.0705. The summed E-state index contributed by atoms with van der Waals surface area (Å²) in [7, 11) is 1.74. The maximum atomic E-state index is 12.3. The van der Waals surface area contributed by atoms with Gasteiger partial charge in [0.1, 0.15) is 11.3 Å². The molecule has 5 rings (SSSR count). The standard InChI is InChI=1S/C21H17BrN6O/c1-12-25-19-20(28(12)10-13-3-5-14(22)6-4-13)26-17(9-24-19)16-11-27(2)21(29)18-15(16)7-8-23-18/h3-9,11,23H,10H2,1-2H3. The number of halogens is 1. The van der Waals surface area contributed by atoms with E-state index in [2.05, 4.69) is 47.6 Å². The van der Waals surface area contributed by atoms with Gasteiger partial charge in [0.25, 0.3) is 5.56 Å². The number of pyridine rings is 1. The van der Waals surface area contributed by atoms with Crippen LogP contribution in [-0.4, -0.2) is 29.1 Å². The van der Waals surface area contributed by atoms with Crippen LogP contribution in [0.4, 0.5) is 0 Å². The molecule has 0 fully saturated rings. The molecule has 0 unspecified atom stereocenters. The van der Waals surface area contributed by atoms with Crippen molar-refractivity contribution < 1.29 is 0 Å². The summed E-state index contributed by atoms with van der Waals surface area (Å²) in [6.45, 7) is 2.61. The Morgan fingerprint density at radius 2 is 1.93 bits per heavy atom. The number of aryl methyl sites for hydroxylation is 2. The maximum Gasteiger partial charge on any atom is 0.274 e. The summed E-state index contributed by atoms with van der Waals surface area (Å²) in [5, 5.41) is 0.831. The van der Waals surface area contributed by atoms with Gasteiger partial charge in [-0.05, 0) is 30.7 Å². The lowest BCUT2D eigenvalue weighted by Gasteiger charge is -2.09. The molecule has 0 spiro atoms. The fourth-order valence-electron chi connectivity index (χ4n) is 3.56. The first-order valence-corrected chi connectivity index (χ1v) is 9.92. The first kappa shape index (κ1) is 17.8. The van der Waals surface area contributed by atoms with E-state index < -0.39 is 0 Å². The van der Waals surface area contributed by atoms with Crippen LogP contribution in [0.2, 0.25) is 0 Å². The number of H-pyrrole nitrogens is 1. The molecule has 0 radical (unpaired) electrons. The first-order valence-electron chi connectivity index (χ1n) is 9.12. The molecule has 0 saturated carbocycles. The zero-order chi connectivity index (χ0) is 20.1. The normalized spacial score (nSPS) is 11.6. The monoisotopic (exact) mass is 448 g/mol. The molecular weight excluding hydrogens is 432 g/mol. The van der Waals surface area contributed by atoms with Crippen molar-refractivity contribution in [3.05, 3.63) is 75.1 Å². The van der Waals surface area contributed by atoms with Crippen LogP contribution in [0.25, 0.3) is 33.5 Å². The number of fused-ring (bicyclic) bond motifs is 2. The van der Waals surface area contributed by atoms with Gasteiger partial charge < -0.3 is 14.1 Å². The number of nitrogens with one attached hydrogen (secondary N) is 1. The van der Waals surface area contributed by atoms with Crippen molar-refractivity contribution in [2.24, 2.45) is 7.05 Å². The molecule has 0 aliphatic carbocycles. The molecule has 0 saturated heterocycles. The Morgan fingerprint density at radius 1 is 1.14 bits per heavy atom. The minimum Gasteiger partial charge on any atom is -0.357 e. The van der Waals surface area contributed by atoms with E-state index in [0.29, 0.717) is 23.4 Å². The van der Waals surface area contributed by atoms with E-state index in [4.69, 9.17) is 4.98 Å². The molecule has 8 heteroatoms. The summed E-state index contributed by atoms with van der Waals surface area (Å²) < 4.78 is 4.66. The Morgan fingerprint density at radius 3 is 2.72 bits per heavy atom. The SMILES string of the molecule is Cc1nc2ncc(-c3cn(C)c(=O)c4[nH]ccc34)nc2n1Cc1ccc(Br)cc1. The lowest BCUT2D eigenvalue weighted by atomic mass is 10.1. The second-order valence-corrected chi connectivity index (χ2v) is 7.91. The predicted octanol–water partition coefficient (Wildman–Crippen LogP) is 3.79. The third-order valence-corrected chi connectivity index (χ3v) is 5.60. The summed E-state index contributed by atoms with van der Waals surface area (Å²) in [6, 6.07) is 10.1. The molecule has 7 nitrogen and oxygen atoms in total. The highest BCUT2D eigenvalue weighted by Crippen LogP contribution is 2.26. The number of imidazole rings is 1. The van der Waals surface area contributed by atoms with Crippen molar-refractivity contribution in [3.8, 4) is 11.3 Å². The van der Waals surface area contributed by atoms with Gasteiger partial charge in [0.15, 0.2) is 11.3 Å². The van der Waals surface area contributed by atoms with Crippen LogP contribution < -0.4 is 5.56 Å². The molecule has 0 atom stereocenters. The smallest absolute Gasteiger partial charge is 0.274 e.